The van der Waals surface area contributed by atoms with Crippen molar-refractivity contribution in [2.24, 2.45) is 11.8 Å². The fourth-order valence-corrected chi connectivity index (χ4v) is 1.92. The lowest BCUT2D eigenvalue weighted by Crippen LogP contribution is -2.21. The van der Waals surface area contributed by atoms with Crippen molar-refractivity contribution in [1.82, 2.24) is 5.32 Å². The SMILES string of the molecule is C1CC(COC[C@H]2CCNC2)C1. The lowest BCUT2D eigenvalue weighted by molar-refractivity contribution is 0.0516. The Hall–Kier alpha value is -0.0800. The molecule has 1 saturated heterocycles. The van der Waals surface area contributed by atoms with Crippen LogP contribution in [0.25, 0.3) is 0 Å². The van der Waals surface area contributed by atoms with Crippen molar-refractivity contribution in [3.05, 3.63) is 0 Å². The highest BCUT2D eigenvalue weighted by molar-refractivity contribution is 4.72. The van der Waals surface area contributed by atoms with Crippen molar-refractivity contribution in [2.45, 2.75) is 25.7 Å². The van der Waals surface area contributed by atoms with Gasteiger partial charge >= 0.3 is 0 Å². The van der Waals surface area contributed by atoms with Crippen LogP contribution in [0, 0.1) is 11.8 Å². The maximum atomic E-state index is 5.68. The highest BCUT2D eigenvalue weighted by Gasteiger charge is 2.19. The molecule has 0 aromatic rings. The third-order valence-electron chi connectivity index (χ3n) is 3.09. The molecule has 1 saturated carbocycles. The smallest absolute Gasteiger partial charge is 0.0507 e. The van der Waals surface area contributed by atoms with Crippen LogP contribution < -0.4 is 5.32 Å². The lowest BCUT2D eigenvalue weighted by atomic mass is 9.86. The van der Waals surface area contributed by atoms with Crippen LogP contribution >= 0.6 is 0 Å². The molecule has 0 aromatic heterocycles. The first kappa shape index (κ1) is 8.52. The van der Waals surface area contributed by atoms with Crippen LogP contribution in [0.4, 0.5) is 0 Å². The normalized spacial score (nSPS) is 30.5. The number of ether oxygens (including phenoxy) is 1. The van der Waals surface area contributed by atoms with E-state index in [9.17, 15) is 0 Å². The number of hydrogen-bond donors (Lipinski definition) is 1. The maximum Gasteiger partial charge on any atom is 0.0507 e. The Kier molecular flexibility index (Phi) is 3.01. The molecule has 0 unspecified atom stereocenters. The van der Waals surface area contributed by atoms with E-state index in [1.165, 1.54) is 38.8 Å². The molecular formula is C10H19NO. The van der Waals surface area contributed by atoms with Crippen molar-refractivity contribution in [2.75, 3.05) is 26.3 Å². The van der Waals surface area contributed by atoms with Gasteiger partial charge in [-0.05, 0) is 37.6 Å². The fourth-order valence-electron chi connectivity index (χ4n) is 1.92. The van der Waals surface area contributed by atoms with Crippen LogP contribution in [0.1, 0.15) is 25.7 Å². The molecule has 0 amide bonds. The summed E-state index contributed by atoms with van der Waals surface area (Å²) in [6, 6.07) is 0. The van der Waals surface area contributed by atoms with Gasteiger partial charge in [0.1, 0.15) is 0 Å². The molecule has 0 aromatic carbocycles. The summed E-state index contributed by atoms with van der Waals surface area (Å²) in [5.74, 6) is 1.70. The average Bonchev–Trinajstić information content (AvgIpc) is 2.46. The molecule has 2 heteroatoms. The molecule has 1 heterocycles. The van der Waals surface area contributed by atoms with E-state index in [4.69, 9.17) is 4.74 Å². The monoisotopic (exact) mass is 169 g/mol. The van der Waals surface area contributed by atoms with E-state index in [1.54, 1.807) is 0 Å². The largest absolute Gasteiger partial charge is 0.381 e. The molecule has 2 aliphatic rings. The molecule has 70 valence electrons. The van der Waals surface area contributed by atoms with Crippen molar-refractivity contribution in [3.8, 4) is 0 Å². The first-order valence-electron chi connectivity index (χ1n) is 5.23. The second-order valence-electron chi connectivity index (χ2n) is 4.19. The quantitative estimate of drug-likeness (QED) is 0.687. The van der Waals surface area contributed by atoms with Gasteiger partial charge in [-0.1, -0.05) is 6.42 Å². The Morgan fingerprint density at radius 1 is 1.08 bits per heavy atom. The molecule has 2 rings (SSSR count). The van der Waals surface area contributed by atoms with Crippen molar-refractivity contribution in [1.29, 1.82) is 0 Å². The van der Waals surface area contributed by atoms with Gasteiger partial charge in [-0.15, -0.1) is 0 Å². The summed E-state index contributed by atoms with van der Waals surface area (Å²) in [6.45, 7) is 4.38. The molecular weight excluding hydrogens is 150 g/mol. The molecule has 0 spiro atoms. The summed E-state index contributed by atoms with van der Waals surface area (Å²) in [5.41, 5.74) is 0. The average molecular weight is 169 g/mol. The van der Waals surface area contributed by atoms with Gasteiger partial charge in [-0.2, -0.15) is 0 Å². The summed E-state index contributed by atoms with van der Waals surface area (Å²) < 4.78 is 5.68. The van der Waals surface area contributed by atoms with E-state index in [1.807, 2.05) is 0 Å². The zero-order valence-electron chi connectivity index (χ0n) is 7.72. The van der Waals surface area contributed by atoms with Crippen LogP contribution in [-0.2, 0) is 4.74 Å². The lowest BCUT2D eigenvalue weighted by Gasteiger charge is -2.25. The zero-order chi connectivity index (χ0) is 8.23. The molecule has 2 fully saturated rings. The van der Waals surface area contributed by atoms with Crippen molar-refractivity contribution < 1.29 is 4.74 Å². The molecule has 1 aliphatic heterocycles. The van der Waals surface area contributed by atoms with Gasteiger partial charge in [0.2, 0.25) is 0 Å². The highest BCUT2D eigenvalue weighted by atomic mass is 16.5. The Morgan fingerprint density at radius 3 is 2.50 bits per heavy atom. The van der Waals surface area contributed by atoms with E-state index in [0.29, 0.717) is 0 Å². The maximum absolute atomic E-state index is 5.68. The van der Waals surface area contributed by atoms with E-state index in [2.05, 4.69) is 5.32 Å². The van der Waals surface area contributed by atoms with Gasteiger partial charge in [0.05, 0.1) is 6.61 Å². The van der Waals surface area contributed by atoms with E-state index < -0.39 is 0 Å². The van der Waals surface area contributed by atoms with Gasteiger partial charge in [-0.25, -0.2) is 0 Å². The Balaban J connectivity index is 1.49. The predicted molar refractivity (Wildman–Crippen MR) is 49.1 cm³/mol. The summed E-state index contributed by atoms with van der Waals surface area (Å²) in [7, 11) is 0. The van der Waals surface area contributed by atoms with Crippen LogP contribution in [-0.4, -0.2) is 26.3 Å². The minimum absolute atomic E-state index is 0.796. The van der Waals surface area contributed by atoms with E-state index in [0.717, 1.165) is 25.0 Å². The molecule has 2 nitrogen and oxygen atoms in total. The van der Waals surface area contributed by atoms with Crippen molar-refractivity contribution in [3.63, 3.8) is 0 Å². The topological polar surface area (TPSA) is 21.3 Å². The van der Waals surface area contributed by atoms with Gasteiger partial charge in [0.15, 0.2) is 0 Å². The minimum Gasteiger partial charge on any atom is -0.381 e. The highest BCUT2D eigenvalue weighted by Crippen LogP contribution is 2.26. The molecule has 0 bridgehead atoms. The standard InChI is InChI=1S/C10H19NO/c1-2-9(3-1)7-12-8-10-4-5-11-6-10/h9-11H,1-8H2/t10-/m0/s1. The van der Waals surface area contributed by atoms with Gasteiger partial charge in [-0.3, -0.25) is 0 Å². The Morgan fingerprint density at radius 2 is 1.92 bits per heavy atom. The fraction of sp³-hybridized carbons (Fsp3) is 1.00. The molecule has 1 atom stereocenters. The van der Waals surface area contributed by atoms with Gasteiger partial charge in [0.25, 0.3) is 0 Å². The number of rotatable bonds is 4. The van der Waals surface area contributed by atoms with Crippen LogP contribution in [0.3, 0.4) is 0 Å². The second kappa shape index (κ2) is 4.24. The second-order valence-corrected chi connectivity index (χ2v) is 4.19. The number of nitrogens with one attached hydrogen (secondary N) is 1. The summed E-state index contributed by atoms with van der Waals surface area (Å²) in [4.78, 5) is 0. The van der Waals surface area contributed by atoms with E-state index >= 15 is 0 Å². The van der Waals surface area contributed by atoms with Gasteiger partial charge in [0, 0.05) is 13.2 Å². The minimum atomic E-state index is 0.796. The summed E-state index contributed by atoms with van der Waals surface area (Å²) in [5, 5.41) is 3.36. The summed E-state index contributed by atoms with van der Waals surface area (Å²) in [6.07, 6.45) is 5.55. The number of hydrogen-bond acceptors (Lipinski definition) is 2. The third-order valence-corrected chi connectivity index (χ3v) is 3.09. The molecule has 0 radical (unpaired) electrons. The Labute approximate surface area is 74.7 Å². The molecule has 1 N–H and O–H groups in total. The van der Waals surface area contributed by atoms with Crippen LogP contribution in [0.5, 0.6) is 0 Å². The first-order chi connectivity index (χ1) is 5.95. The van der Waals surface area contributed by atoms with E-state index in [-0.39, 0.29) is 0 Å². The first-order valence-corrected chi connectivity index (χ1v) is 5.23. The van der Waals surface area contributed by atoms with Crippen molar-refractivity contribution >= 4 is 0 Å². The summed E-state index contributed by atoms with van der Waals surface area (Å²) >= 11 is 0. The van der Waals surface area contributed by atoms with Gasteiger partial charge < -0.3 is 10.1 Å². The molecule has 1 aliphatic carbocycles. The van der Waals surface area contributed by atoms with Crippen LogP contribution in [0.2, 0.25) is 0 Å². The third kappa shape index (κ3) is 2.20. The molecule has 12 heavy (non-hydrogen) atoms. The predicted octanol–water partition coefficient (Wildman–Crippen LogP) is 1.41. The van der Waals surface area contributed by atoms with Crippen LogP contribution in [0.15, 0.2) is 0 Å². The zero-order valence-corrected chi connectivity index (χ0v) is 7.72. The Bertz CT molecular complexity index is 128.